The largest absolute Gasteiger partial charge is 0.493 e. The molecule has 0 spiro atoms. The SMILES string of the molecule is COc1ccc(NC=C2C(=O)c3sccc3N(Cc3ccccc3)S2(=O)=O)cc1OC. The highest BCUT2D eigenvalue weighted by Gasteiger charge is 2.41. The van der Waals surface area contributed by atoms with Crippen LogP contribution in [-0.4, -0.2) is 28.4 Å². The third kappa shape index (κ3) is 3.89. The van der Waals surface area contributed by atoms with Gasteiger partial charge in [-0.25, -0.2) is 8.42 Å². The normalized spacial score (nSPS) is 16.1. The number of hydrogen-bond donors (Lipinski definition) is 1. The number of carbonyl (C=O) groups is 1. The second-order valence-electron chi connectivity index (χ2n) is 6.68. The summed E-state index contributed by atoms with van der Waals surface area (Å²) in [5, 5.41) is 4.64. The molecule has 0 atom stereocenters. The molecule has 0 unspecified atom stereocenters. The summed E-state index contributed by atoms with van der Waals surface area (Å²) in [6.45, 7) is 0.133. The van der Waals surface area contributed by atoms with Gasteiger partial charge in [-0.05, 0) is 29.1 Å². The number of fused-ring (bicyclic) bond motifs is 1. The number of anilines is 2. The van der Waals surface area contributed by atoms with Crippen LogP contribution in [0.25, 0.3) is 0 Å². The van der Waals surface area contributed by atoms with Crippen molar-refractivity contribution in [2.24, 2.45) is 0 Å². The van der Waals surface area contributed by atoms with E-state index in [4.69, 9.17) is 9.47 Å². The van der Waals surface area contributed by atoms with E-state index >= 15 is 0 Å². The van der Waals surface area contributed by atoms with Gasteiger partial charge in [0, 0.05) is 18.0 Å². The zero-order valence-electron chi connectivity index (χ0n) is 16.9. The number of rotatable bonds is 6. The van der Waals surface area contributed by atoms with Crippen LogP contribution in [0.15, 0.2) is 71.1 Å². The minimum absolute atomic E-state index is 0.133. The van der Waals surface area contributed by atoms with Gasteiger partial charge in [0.1, 0.15) is 4.88 Å². The molecule has 160 valence electrons. The molecule has 0 amide bonds. The van der Waals surface area contributed by atoms with E-state index in [0.29, 0.717) is 27.8 Å². The molecule has 1 aliphatic rings. The fourth-order valence-corrected chi connectivity index (χ4v) is 5.76. The molecule has 1 aromatic heterocycles. The van der Waals surface area contributed by atoms with Crippen molar-refractivity contribution in [3.8, 4) is 11.5 Å². The van der Waals surface area contributed by atoms with Crippen LogP contribution in [0.3, 0.4) is 0 Å². The third-order valence-corrected chi connectivity index (χ3v) is 7.50. The maximum Gasteiger partial charge on any atom is 0.270 e. The fraction of sp³-hybridized carbons (Fsp3) is 0.136. The third-order valence-electron chi connectivity index (χ3n) is 4.83. The van der Waals surface area contributed by atoms with E-state index in [9.17, 15) is 13.2 Å². The lowest BCUT2D eigenvalue weighted by Crippen LogP contribution is -2.38. The van der Waals surface area contributed by atoms with Crippen LogP contribution in [0.4, 0.5) is 11.4 Å². The van der Waals surface area contributed by atoms with Crippen molar-refractivity contribution in [2.45, 2.75) is 6.54 Å². The maximum atomic E-state index is 13.4. The Bertz CT molecular complexity index is 1250. The van der Waals surface area contributed by atoms with E-state index in [0.717, 1.165) is 5.56 Å². The van der Waals surface area contributed by atoms with Crippen molar-refractivity contribution in [1.29, 1.82) is 0 Å². The minimum Gasteiger partial charge on any atom is -0.493 e. The number of methoxy groups -OCH3 is 2. The van der Waals surface area contributed by atoms with Gasteiger partial charge in [-0.2, -0.15) is 0 Å². The van der Waals surface area contributed by atoms with E-state index in [1.54, 1.807) is 29.6 Å². The van der Waals surface area contributed by atoms with E-state index in [1.807, 2.05) is 30.3 Å². The molecule has 3 aromatic rings. The Hall–Kier alpha value is -3.30. The number of hydrogen-bond acceptors (Lipinski definition) is 7. The molecule has 0 saturated carbocycles. The average Bonchev–Trinajstić information content (AvgIpc) is 3.27. The number of carbonyl (C=O) groups excluding carboxylic acids is 1. The highest BCUT2D eigenvalue weighted by Crippen LogP contribution is 2.39. The molecule has 0 fully saturated rings. The van der Waals surface area contributed by atoms with Crippen molar-refractivity contribution in [1.82, 2.24) is 0 Å². The van der Waals surface area contributed by atoms with E-state index in [-0.39, 0.29) is 11.4 Å². The lowest BCUT2D eigenvalue weighted by atomic mass is 10.2. The number of benzene rings is 2. The first-order chi connectivity index (χ1) is 15.0. The molecule has 4 rings (SSSR count). The Morgan fingerprint density at radius 2 is 1.77 bits per heavy atom. The number of nitrogens with zero attached hydrogens (tertiary/aromatic N) is 1. The van der Waals surface area contributed by atoms with Crippen LogP contribution < -0.4 is 19.1 Å². The van der Waals surface area contributed by atoms with Crippen LogP contribution in [-0.2, 0) is 16.6 Å². The Balaban J connectivity index is 1.72. The van der Waals surface area contributed by atoms with Gasteiger partial charge in [-0.1, -0.05) is 30.3 Å². The van der Waals surface area contributed by atoms with Gasteiger partial charge >= 0.3 is 0 Å². The molecule has 0 aliphatic carbocycles. The smallest absolute Gasteiger partial charge is 0.270 e. The van der Waals surface area contributed by atoms with Crippen LogP contribution in [0.2, 0.25) is 0 Å². The molecular weight excluding hydrogens is 436 g/mol. The molecule has 2 aromatic carbocycles. The quantitative estimate of drug-likeness (QED) is 0.558. The van der Waals surface area contributed by atoms with Crippen molar-refractivity contribution in [3.63, 3.8) is 0 Å². The summed E-state index contributed by atoms with van der Waals surface area (Å²) in [5.74, 6) is 0.497. The predicted molar refractivity (Wildman–Crippen MR) is 121 cm³/mol. The summed E-state index contributed by atoms with van der Waals surface area (Å²) < 4.78 is 38.5. The Kier molecular flexibility index (Phi) is 5.71. The number of ketones is 1. The minimum atomic E-state index is -4.06. The van der Waals surface area contributed by atoms with Crippen LogP contribution in [0, 0.1) is 0 Å². The van der Waals surface area contributed by atoms with Gasteiger partial charge in [0.2, 0.25) is 5.78 Å². The van der Waals surface area contributed by atoms with Crippen molar-refractivity contribution in [2.75, 3.05) is 23.8 Å². The highest BCUT2D eigenvalue weighted by atomic mass is 32.2. The van der Waals surface area contributed by atoms with Crippen LogP contribution in [0.5, 0.6) is 11.5 Å². The van der Waals surface area contributed by atoms with Crippen molar-refractivity contribution >= 4 is 38.5 Å². The topological polar surface area (TPSA) is 84.9 Å². The molecule has 9 heteroatoms. The molecule has 7 nitrogen and oxygen atoms in total. The second kappa shape index (κ2) is 8.44. The molecule has 31 heavy (non-hydrogen) atoms. The van der Waals surface area contributed by atoms with Gasteiger partial charge in [0.15, 0.2) is 16.4 Å². The lowest BCUT2D eigenvalue weighted by Gasteiger charge is -2.29. The van der Waals surface area contributed by atoms with E-state index < -0.39 is 15.8 Å². The zero-order chi connectivity index (χ0) is 22.0. The van der Waals surface area contributed by atoms with Crippen LogP contribution >= 0.6 is 11.3 Å². The van der Waals surface area contributed by atoms with E-state index in [2.05, 4.69) is 5.32 Å². The molecule has 1 aliphatic heterocycles. The van der Waals surface area contributed by atoms with Gasteiger partial charge in [-0.3, -0.25) is 9.10 Å². The summed E-state index contributed by atoms with van der Waals surface area (Å²) >= 11 is 1.22. The number of Topliss-reactive ketones (excluding diaryl/α,β-unsaturated/α-hetero) is 1. The Morgan fingerprint density at radius 1 is 1.03 bits per heavy atom. The lowest BCUT2D eigenvalue weighted by molar-refractivity contribution is 0.104. The maximum absolute atomic E-state index is 13.4. The number of sulfonamides is 1. The molecule has 0 saturated heterocycles. The standard InChI is InChI=1S/C22H20N2O5S2/c1-28-18-9-8-16(12-19(18)29-2)23-13-20-21(25)22-17(10-11-30-22)24(31(20,26)27)14-15-6-4-3-5-7-15/h3-13,23H,14H2,1-2H3. The van der Waals surface area contributed by atoms with E-state index in [1.165, 1.54) is 36.1 Å². The first-order valence-corrected chi connectivity index (χ1v) is 11.6. The molecule has 0 bridgehead atoms. The predicted octanol–water partition coefficient (Wildman–Crippen LogP) is 4.25. The summed E-state index contributed by atoms with van der Waals surface area (Å²) in [6, 6.07) is 16.0. The monoisotopic (exact) mass is 456 g/mol. The molecular formula is C22H20N2O5S2. The van der Waals surface area contributed by atoms with Crippen LogP contribution in [0.1, 0.15) is 15.2 Å². The number of nitrogens with one attached hydrogen (secondary N) is 1. The van der Waals surface area contributed by atoms with Crippen molar-refractivity contribution in [3.05, 3.63) is 81.5 Å². The highest BCUT2D eigenvalue weighted by molar-refractivity contribution is 7.97. The molecule has 1 N–H and O–H groups in total. The summed E-state index contributed by atoms with van der Waals surface area (Å²) in [7, 11) is -1.02. The zero-order valence-corrected chi connectivity index (χ0v) is 18.5. The Labute approximate surface area is 184 Å². The molecule has 0 radical (unpaired) electrons. The number of thiophene rings is 1. The van der Waals surface area contributed by atoms with Gasteiger partial charge in [0.25, 0.3) is 10.0 Å². The summed E-state index contributed by atoms with van der Waals surface area (Å²) in [4.78, 5) is 13.1. The second-order valence-corrected chi connectivity index (χ2v) is 9.43. The first kappa shape index (κ1) is 21.0. The summed E-state index contributed by atoms with van der Waals surface area (Å²) in [6.07, 6.45) is 1.24. The molecule has 2 heterocycles. The first-order valence-electron chi connectivity index (χ1n) is 9.33. The number of allylic oxidation sites excluding steroid dienone is 1. The summed E-state index contributed by atoms with van der Waals surface area (Å²) in [5.41, 5.74) is 1.78. The average molecular weight is 457 g/mol. The van der Waals surface area contributed by atoms with Gasteiger partial charge < -0.3 is 14.8 Å². The fourth-order valence-electron chi connectivity index (χ4n) is 3.28. The Morgan fingerprint density at radius 3 is 2.48 bits per heavy atom. The van der Waals surface area contributed by atoms with Gasteiger partial charge in [-0.15, -0.1) is 11.3 Å². The number of ether oxygens (including phenoxy) is 2. The van der Waals surface area contributed by atoms with Gasteiger partial charge in [0.05, 0.1) is 26.5 Å². The van der Waals surface area contributed by atoms with Crippen molar-refractivity contribution < 1.29 is 22.7 Å².